The summed E-state index contributed by atoms with van der Waals surface area (Å²) < 4.78 is 10.9. The third-order valence-electron chi connectivity index (χ3n) is 4.00. The standard InChI is InChI=1S/C14H21N3O2.ClH/c1-9-12(10(2)17-16-9)7-15-6-11-4-3-5-13-14(11)19-8-18-13;/h3-5,9-10,12,15-17H,6-8H2,1-2H3;1H. The molecule has 3 rings (SSSR count). The van der Waals surface area contributed by atoms with E-state index in [0.717, 1.165) is 30.2 Å². The monoisotopic (exact) mass is 299 g/mol. The molecular weight excluding hydrogens is 278 g/mol. The Balaban J connectivity index is 0.00000147. The van der Waals surface area contributed by atoms with E-state index >= 15 is 0 Å². The average molecular weight is 300 g/mol. The van der Waals surface area contributed by atoms with Crippen LogP contribution in [-0.4, -0.2) is 25.4 Å². The maximum Gasteiger partial charge on any atom is 0.231 e. The maximum atomic E-state index is 5.51. The largest absolute Gasteiger partial charge is 0.454 e. The molecular formula is C14H22ClN3O2. The summed E-state index contributed by atoms with van der Waals surface area (Å²) in [6, 6.07) is 7.01. The van der Waals surface area contributed by atoms with Crippen LogP contribution in [0.5, 0.6) is 11.5 Å². The van der Waals surface area contributed by atoms with Gasteiger partial charge >= 0.3 is 0 Å². The van der Waals surface area contributed by atoms with Gasteiger partial charge in [0, 0.05) is 36.7 Å². The lowest BCUT2D eigenvalue weighted by Gasteiger charge is -2.18. The van der Waals surface area contributed by atoms with Crippen LogP contribution in [0.2, 0.25) is 0 Å². The Morgan fingerprint density at radius 1 is 1.20 bits per heavy atom. The molecule has 1 saturated heterocycles. The van der Waals surface area contributed by atoms with E-state index in [4.69, 9.17) is 9.47 Å². The molecule has 2 aliphatic heterocycles. The Hall–Kier alpha value is -1.01. The molecule has 2 unspecified atom stereocenters. The van der Waals surface area contributed by atoms with Gasteiger partial charge in [-0.1, -0.05) is 12.1 Å². The summed E-state index contributed by atoms with van der Waals surface area (Å²) in [5.41, 5.74) is 7.71. The van der Waals surface area contributed by atoms with E-state index in [1.807, 2.05) is 12.1 Å². The van der Waals surface area contributed by atoms with Crippen molar-refractivity contribution in [3.8, 4) is 11.5 Å². The molecule has 0 saturated carbocycles. The Morgan fingerprint density at radius 3 is 2.70 bits per heavy atom. The van der Waals surface area contributed by atoms with Crippen molar-refractivity contribution in [3.63, 3.8) is 0 Å². The second-order valence-corrected chi connectivity index (χ2v) is 5.31. The molecule has 0 amide bonds. The normalized spacial score (nSPS) is 27.4. The fourth-order valence-corrected chi connectivity index (χ4v) is 2.77. The zero-order chi connectivity index (χ0) is 13.2. The predicted octanol–water partition coefficient (Wildman–Crippen LogP) is 1.43. The van der Waals surface area contributed by atoms with Gasteiger partial charge in [-0.3, -0.25) is 10.9 Å². The Labute approximate surface area is 125 Å². The predicted molar refractivity (Wildman–Crippen MR) is 80.2 cm³/mol. The van der Waals surface area contributed by atoms with Crippen molar-refractivity contribution in [3.05, 3.63) is 23.8 Å². The molecule has 112 valence electrons. The quantitative estimate of drug-likeness (QED) is 0.785. The fourth-order valence-electron chi connectivity index (χ4n) is 2.77. The Bertz CT molecular complexity index is 448. The SMILES string of the molecule is CC1NNC(C)C1CNCc1cccc2c1OCO2.Cl. The minimum absolute atomic E-state index is 0. The summed E-state index contributed by atoms with van der Waals surface area (Å²) in [4.78, 5) is 0. The smallest absolute Gasteiger partial charge is 0.231 e. The second kappa shape index (κ2) is 6.63. The van der Waals surface area contributed by atoms with Gasteiger partial charge < -0.3 is 14.8 Å². The number of fused-ring (bicyclic) bond motifs is 1. The summed E-state index contributed by atoms with van der Waals surface area (Å²) in [7, 11) is 0. The number of benzene rings is 1. The molecule has 2 heterocycles. The van der Waals surface area contributed by atoms with Crippen LogP contribution in [0.3, 0.4) is 0 Å². The highest BCUT2D eigenvalue weighted by Gasteiger charge is 2.29. The van der Waals surface area contributed by atoms with E-state index in [-0.39, 0.29) is 12.4 Å². The molecule has 0 radical (unpaired) electrons. The van der Waals surface area contributed by atoms with Gasteiger partial charge in [0.1, 0.15) is 0 Å². The molecule has 5 nitrogen and oxygen atoms in total. The van der Waals surface area contributed by atoms with Crippen molar-refractivity contribution < 1.29 is 9.47 Å². The topological polar surface area (TPSA) is 54.5 Å². The van der Waals surface area contributed by atoms with Crippen molar-refractivity contribution in [2.45, 2.75) is 32.5 Å². The van der Waals surface area contributed by atoms with Crippen molar-refractivity contribution in [1.29, 1.82) is 0 Å². The van der Waals surface area contributed by atoms with Crippen molar-refractivity contribution in [1.82, 2.24) is 16.2 Å². The van der Waals surface area contributed by atoms with E-state index in [9.17, 15) is 0 Å². The lowest BCUT2D eigenvalue weighted by Crippen LogP contribution is -2.33. The fraction of sp³-hybridized carbons (Fsp3) is 0.571. The van der Waals surface area contributed by atoms with Gasteiger partial charge in [-0.25, -0.2) is 0 Å². The number of hydrogen-bond donors (Lipinski definition) is 3. The maximum absolute atomic E-state index is 5.51. The number of ether oxygens (including phenoxy) is 2. The van der Waals surface area contributed by atoms with Gasteiger partial charge in [-0.15, -0.1) is 12.4 Å². The second-order valence-electron chi connectivity index (χ2n) is 5.31. The van der Waals surface area contributed by atoms with Crippen LogP contribution in [0.1, 0.15) is 19.4 Å². The number of halogens is 1. The van der Waals surface area contributed by atoms with Crippen LogP contribution >= 0.6 is 12.4 Å². The molecule has 0 spiro atoms. The third-order valence-corrected chi connectivity index (χ3v) is 4.00. The Kier molecular flexibility index (Phi) is 5.10. The van der Waals surface area contributed by atoms with E-state index in [1.165, 1.54) is 0 Å². The van der Waals surface area contributed by atoms with Crippen LogP contribution < -0.4 is 25.6 Å². The minimum atomic E-state index is 0. The zero-order valence-electron chi connectivity index (χ0n) is 11.8. The van der Waals surface area contributed by atoms with Gasteiger partial charge in [0.15, 0.2) is 11.5 Å². The molecule has 1 aromatic carbocycles. The first-order chi connectivity index (χ1) is 9.25. The van der Waals surface area contributed by atoms with E-state index in [2.05, 4.69) is 36.1 Å². The lowest BCUT2D eigenvalue weighted by molar-refractivity contribution is 0.173. The molecule has 1 aromatic rings. The number of para-hydroxylation sites is 1. The minimum Gasteiger partial charge on any atom is -0.454 e. The van der Waals surface area contributed by atoms with Crippen LogP contribution in [0.15, 0.2) is 18.2 Å². The molecule has 2 atom stereocenters. The van der Waals surface area contributed by atoms with E-state index < -0.39 is 0 Å². The number of rotatable bonds is 4. The molecule has 3 N–H and O–H groups in total. The summed E-state index contributed by atoms with van der Waals surface area (Å²) in [6.07, 6.45) is 0. The number of hydrogen-bond acceptors (Lipinski definition) is 5. The first-order valence-corrected chi connectivity index (χ1v) is 6.85. The summed E-state index contributed by atoms with van der Waals surface area (Å²) >= 11 is 0. The molecule has 20 heavy (non-hydrogen) atoms. The third kappa shape index (κ3) is 3.01. The van der Waals surface area contributed by atoms with Crippen LogP contribution in [0, 0.1) is 5.92 Å². The van der Waals surface area contributed by atoms with Crippen molar-refractivity contribution in [2.24, 2.45) is 5.92 Å². The van der Waals surface area contributed by atoms with Gasteiger partial charge in [0.2, 0.25) is 6.79 Å². The molecule has 6 heteroatoms. The zero-order valence-corrected chi connectivity index (χ0v) is 12.6. The highest BCUT2D eigenvalue weighted by atomic mass is 35.5. The van der Waals surface area contributed by atoms with E-state index in [0.29, 0.717) is 24.8 Å². The molecule has 2 aliphatic rings. The highest BCUT2D eigenvalue weighted by molar-refractivity contribution is 5.85. The van der Waals surface area contributed by atoms with Gasteiger partial charge in [-0.05, 0) is 19.9 Å². The summed E-state index contributed by atoms with van der Waals surface area (Å²) in [5.74, 6) is 2.33. The summed E-state index contributed by atoms with van der Waals surface area (Å²) in [5, 5.41) is 3.52. The van der Waals surface area contributed by atoms with Crippen molar-refractivity contribution in [2.75, 3.05) is 13.3 Å². The lowest BCUT2D eigenvalue weighted by atomic mass is 9.96. The van der Waals surface area contributed by atoms with Crippen LogP contribution in [0.4, 0.5) is 0 Å². The first kappa shape index (κ1) is 15.4. The van der Waals surface area contributed by atoms with E-state index in [1.54, 1.807) is 0 Å². The molecule has 1 fully saturated rings. The highest BCUT2D eigenvalue weighted by Crippen LogP contribution is 2.35. The molecule has 0 aromatic heterocycles. The van der Waals surface area contributed by atoms with Gasteiger partial charge in [0.05, 0.1) is 0 Å². The van der Waals surface area contributed by atoms with Crippen LogP contribution in [-0.2, 0) is 6.54 Å². The van der Waals surface area contributed by atoms with Crippen LogP contribution in [0.25, 0.3) is 0 Å². The first-order valence-electron chi connectivity index (χ1n) is 6.85. The van der Waals surface area contributed by atoms with Crippen molar-refractivity contribution >= 4 is 12.4 Å². The number of nitrogens with one attached hydrogen (secondary N) is 3. The Morgan fingerprint density at radius 2 is 1.95 bits per heavy atom. The number of hydrazine groups is 1. The molecule has 0 aliphatic carbocycles. The molecule has 0 bridgehead atoms. The average Bonchev–Trinajstić information content (AvgIpc) is 3.00. The summed E-state index contributed by atoms with van der Waals surface area (Å²) in [6.45, 7) is 6.53. The van der Waals surface area contributed by atoms with Gasteiger partial charge in [0.25, 0.3) is 0 Å². The van der Waals surface area contributed by atoms with Gasteiger partial charge in [-0.2, -0.15) is 0 Å².